The van der Waals surface area contributed by atoms with E-state index in [1.165, 1.54) is 55.9 Å². The first-order chi connectivity index (χ1) is 20.4. The molecule has 6 heteroatoms. The van der Waals surface area contributed by atoms with Crippen LogP contribution in [0, 0.1) is 5.92 Å². The number of carbonyl (C=O) groups is 2. The molecule has 230 valence electrons. The molecule has 0 saturated carbocycles. The predicted octanol–water partition coefficient (Wildman–Crippen LogP) is 8.15. The molecule has 0 aliphatic heterocycles. The van der Waals surface area contributed by atoms with E-state index in [0.717, 1.165) is 36.1 Å². The maximum absolute atomic E-state index is 13.8. The minimum Gasteiger partial charge on any atom is -0.497 e. The molecule has 0 unspecified atom stereocenters. The fraction of sp³-hybridized carbons (Fsp3) is 0.556. The van der Waals surface area contributed by atoms with Gasteiger partial charge >= 0.3 is 0 Å². The number of H-pyrrole nitrogens is 1. The van der Waals surface area contributed by atoms with E-state index >= 15 is 0 Å². The molecule has 0 bridgehead atoms. The maximum Gasteiger partial charge on any atom is 0.242 e. The average molecular weight is 576 g/mol. The number of unbranched alkanes of at least 4 members (excludes halogenated alkanes) is 8. The lowest BCUT2D eigenvalue weighted by atomic mass is 10.1. The van der Waals surface area contributed by atoms with Gasteiger partial charge in [-0.1, -0.05) is 102 Å². The lowest BCUT2D eigenvalue weighted by Gasteiger charge is -2.29. The number of amides is 2. The monoisotopic (exact) mass is 575 g/mol. The van der Waals surface area contributed by atoms with Crippen molar-refractivity contribution in [1.29, 1.82) is 0 Å². The molecule has 42 heavy (non-hydrogen) atoms. The molecular weight excluding hydrogens is 522 g/mol. The van der Waals surface area contributed by atoms with Crippen LogP contribution in [0.1, 0.15) is 96.1 Å². The normalized spacial score (nSPS) is 11.3. The Hall–Kier alpha value is -3.28. The van der Waals surface area contributed by atoms with Crippen LogP contribution in [-0.2, 0) is 22.6 Å². The van der Waals surface area contributed by atoms with Crippen molar-refractivity contribution in [1.82, 2.24) is 14.8 Å². The zero-order valence-corrected chi connectivity index (χ0v) is 26.5. The minimum atomic E-state index is -0.00765. The topological polar surface area (TPSA) is 65.6 Å². The third-order valence-electron chi connectivity index (χ3n) is 7.97. The van der Waals surface area contributed by atoms with Crippen LogP contribution in [0.25, 0.3) is 10.9 Å². The third-order valence-corrected chi connectivity index (χ3v) is 7.97. The summed E-state index contributed by atoms with van der Waals surface area (Å²) in [4.78, 5) is 34.2. The highest BCUT2D eigenvalue weighted by molar-refractivity contribution is 5.85. The molecule has 3 rings (SSSR count). The molecule has 6 nitrogen and oxygen atoms in total. The van der Waals surface area contributed by atoms with E-state index in [4.69, 9.17) is 4.74 Å². The number of methoxy groups -OCH3 is 1. The van der Waals surface area contributed by atoms with Gasteiger partial charge in [-0.2, -0.15) is 0 Å². The Labute approximate surface area is 253 Å². The van der Waals surface area contributed by atoms with Crippen LogP contribution in [0.3, 0.4) is 0 Å². The summed E-state index contributed by atoms with van der Waals surface area (Å²) in [6.45, 7) is 8.25. The average Bonchev–Trinajstić information content (AvgIpc) is 3.41. The molecule has 2 amide bonds. The lowest BCUT2D eigenvalue weighted by Crippen LogP contribution is -2.44. The number of hydrogen-bond donors (Lipinski definition) is 1. The van der Waals surface area contributed by atoms with Gasteiger partial charge < -0.3 is 19.5 Å². The molecule has 3 aromatic rings. The fourth-order valence-electron chi connectivity index (χ4n) is 5.54. The summed E-state index contributed by atoms with van der Waals surface area (Å²) in [5, 5.41) is 1.19. The summed E-state index contributed by atoms with van der Waals surface area (Å²) >= 11 is 0. The number of nitrogens with one attached hydrogen (secondary N) is 1. The molecular formula is C36H53N3O3. The van der Waals surface area contributed by atoms with Crippen molar-refractivity contribution in [2.75, 3.05) is 26.7 Å². The summed E-state index contributed by atoms with van der Waals surface area (Å²) in [6.07, 6.45) is 14.3. The first-order valence-electron chi connectivity index (χ1n) is 16.1. The van der Waals surface area contributed by atoms with Crippen LogP contribution in [0.5, 0.6) is 5.75 Å². The van der Waals surface area contributed by atoms with Gasteiger partial charge in [-0.05, 0) is 48.1 Å². The van der Waals surface area contributed by atoms with Crippen LogP contribution in [0.2, 0.25) is 0 Å². The summed E-state index contributed by atoms with van der Waals surface area (Å²) < 4.78 is 5.32. The van der Waals surface area contributed by atoms with Gasteiger partial charge in [0.15, 0.2) is 0 Å². The van der Waals surface area contributed by atoms with Crippen molar-refractivity contribution >= 4 is 22.7 Å². The van der Waals surface area contributed by atoms with Gasteiger partial charge in [0.2, 0.25) is 11.8 Å². The zero-order valence-electron chi connectivity index (χ0n) is 26.5. The minimum absolute atomic E-state index is 0.00765. The number of ether oxygens (including phenoxy) is 1. The molecule has 0 atom stereocenters. The van der Waals surface area contributed by atoms with Gasteiger partial charge in [0, 0.05) is 43.2 Å². The number of para-hydroxylation sites is 1. The number of aromatic nitrogens is 1. The van der Waals surface area contributed by atoms with E-state index in [1.807, 2.05) is 47.5 Å². The van der Waals surface area contributed by atoms with Crippen LogP contribution in [0.4, 0.5) is 0 Å². The molecule has 1 aromatic heterocycles. The Kier molecular flexibility index (Phi) is 14.5. The van der Waals surface area contributed by atoms with Crippen molar-refractivity contribution in [3.8, 4) is 5.75 Å². The Morgan fingerprint density at radius 1 is 0.833 bits per heavy atom. The molecule has 0 spiro atoms. The summed E-state index contributed by atoms with van der Waals surface area (Å²) in [6, 6.07) is 16.1. The van der Waals surface area contributed by atoms with Crippen LogP contribution in [0.15, 0.2) is 54.7 Å². The Morgan fingerprint density at radius 2 is 1.50 bits per heavy atom. The van der Waals surface area contributed by atoms with E-state index in [-0.39, 0.29) is 18.4 Å². The molecule has 2 aromatic carbocycles. The number of hydrogen-bond acceptors (Lipinski definition) is 3. The van der Waals surface area contributed by atoms with Crippen molar-refractivity contribution in [2.24, 2.45) is 5.92 Å². The summed E-state index contributed by atoms with van der Waals surface area (Å²) in [5.74, 6) is 1.18. The molecule has 1 heterocycles. The molecule has 0 aliphatic rings. The molecule has 0 saturated heterocycles. The second-order valence-corrected chi connectivity index (χ2v) is 12.0. The fourth-order valence-corrected chi connectivity index (χ4v) is 5.54. The van der Waals surface area contributed by atoms with Crippen LogP contribution < -0.4 is 4.74 Å². The van der Waals surface area contributed by atoms with E-state index in [1.54, 1.807) is 12.0 Å². The number of nitrogens with zero attached hydrogens (tertiary/aromatic N) is 2. The highest BCUT2D eigenvalue weighted by Crippen LogP contribution is 2.20. The van der Waals surface area contributed by atoms with Crippen molar-refractivity contribution in [2.45, 2.75) is 97.9 Å². The number of carbonyl (C=O) groups excluding carboxylic acids is 2. The highest BCUT2D eigenvalue weighted by Gasteiger charge is 2.22. The van der Waals surface area contributed by atoms with Gasteiger partial charge in [-0.3, -0.25) is 9.59 Å². The van der Waals surface area contributed by atoms with Crippen molar-refractivity contribution < 1.29 is 14.3 Å². The first kappa shape index (κ1) is 33.2. The van der Waals surface area contributed by atoms with Crippen LogP contribution >= 0.6 is 0 Å². The van der Waals surface area contributed by atoms with Gasteiger partial charge in [-0.15, -0.1) is 0 Å². The van der Waals surface area contributed by atoms with E-state index < -0.39 is 0 Å². The number of benzene rings is 2. The molecule has 0 fully saturated rings. The van der Waals surface area contributed by atoms with Gasteiger partial charge in [0.25, 0.3) is 0 Å². The van der Waals surface area contributed by atoms with Crippen molar-refractivity contribution in [3.05, 3.63) is 65.9 Å². The second-order valence-electron chi connectivity index (χ2n) is 12.0. The SMILES string of the molecule is CCCCCCCCCCCC(=O)N(CC(=O)N(CCc1c[nH]c2ccccc12)Cc1ccc(OC)cc1)CC(C)C. The van der Waals surface area contributed by atoms with E-state index in [2.05, 4.69) is 37.9 Å². The van der Waals surface area contributed by atoms with Crippen LogP contribution in [-0.4, -0.2) is 53.3 Å². The maximum atomic E-state index is 13.8. The zero-order chi connectivity index (χ0) is 30.2. The van der Waals surface area contributed by atoms with Gasteiger partial charge in [0.05, 0.1) is 13.7 Å². The largest absolute Gasteiger partial charge is 0.497 e. The number of rotatable bonds is 20. The number of aromatic amines is 1. The molecule has 0 aliphatic carbocycles. The quantitative estimate of drug-likeness (QED) is 0.138. The number of fused-ring (bicyclic) bond motifs is 1. The predicted molar refractivity (Wildman–Crippen MR) is 174 cm³/mol. The molecule has 0 radical (unpaired) electrons. The Morgan fingerprint density at radius 3 is 2.17 bits per heavy atom. The van der Waals surface area contributed by atoms with E-state index in [9.17, 15) is 9.59 Å². The summed E-state index contributed by atoms with van der Waals surface area (Å²) in [7, 11) is 1.65. The smallest absolute Gasteiger partial charge is 0.242 e. The van der Waals surface area contributed by atoms with Gasteiger partial charge in [0.1, 0.15) is 5.75 Å². The third kappa shape index (κ3) is 11.2. The standard InChI is InChI=1S/C36H53N3O3/c1-5-6-7-8-9-10-11-12-13-18-35(40)39(26-29(2)3)28-36(41)38(27-30-19-21-32(42-4)22-20-30)24-23-31-25-37-34-17-15-14-16-33(31)34/h14-17,19-22,25,29,37H,5-13,18,23-24,26-28H2,1-4H3. The second kappa shape index (κ2) is 18.3. The Balaban J connectivity index is 1.61. The Bertz CT molecular complexity index is 1200. The first-order valence-corrected chi connectivity index (χ1v) is 16.1. The van der Waals surface area contributed by atoms with Gasteiger partial charge in [-0.25, -0.2) is 0 Å². The highest BCUT2D eigenvalue weighted by atomic mass is 16.5. The molecule has 1 N–H and O–H groups in total. The van der Waals surface area contributed by atoms with E-state index in [0.29, 0.717) is 32.0 Å². The van der Waals surface area contributed by atoms with Crippen molar-refractivity contribution in [3.63, 3.8) is 0 Å². The lowest BCUT2D eigenvalue weighted by molar-refractivity contribution is -0.141. The summed E-state index contributed by atoms with van der Waals surface area (Å²) in [5.41, 5.74) is 3.34.